The van der Waals surface area contributed by atoms with Crippen LogP contribution in [0.3, 0.4) is 0 Å². The quantitative estimate of drug-likeness (QED) is 0.636. The van der Waals surface area contributed by atoms with E-state index in [1.54, 1.807) is 7.11 Å². The van der Waals surface area contributed by atoms with Gasteiger partial charge >= 0.3 is 0 Å². The van der Waals surface area contributed by atoms with Crippen molar-refractivity contribution in [2.24, 2.45) is 5.92 Å². The second kappa shape index (κ2) is 7.56. The highest BCUT2D eigenvalue weighted by Gasteiger charge is 2.05. The van der Waals surface area contributed by atoms with Gasteiger partial charge in [-0.05, 0) is 19.4 Å². The summed E-state index contributed by atoms with van der Waals surface area (Å²) >= 11 is 0. The van der Waals surface area contributed by atoms with Crippen LogP contribution in [0.2, 0.25) is 0 Å². The Bertz CT molecular complexity index is 91.8. The van der Waals surface area contributed by atoms with Gasteiger partial charge in [0.05, 0.1) is 6.61 Å². The summed E-state index contributed by atoms with van der Waals surface area (Å²) in [5.74, 6) is 0.823. The predicted octanol–water partition coefficient (Wildman–Crippen LogP) is 2.05. The standard InChI is InChI=1S/C10H23NO/c1-5-10(6-2)7-11-9(3)8-12-4/h9-11H,5-8H2,1-4H3. The SMILES string of the molecule is CCC(CC)CNC(C)COC. The molecule has 0 heterocycles. The van der Waals surface area contributed by atoms with Crippen molar-refractivity contribution in [3.05, 3.63) is 0 Å². The predicted molar refractivity (Wildman–Crippen MR) is 53.4 cm³/mol. The molecule has 1 atom stereocenters. The number of hydrogen-bond donors (Lipinski definition) is 1. The third-order valence-corrected chi connectivity index (χ3v) is 2.33. The third-order valence-electron chi connectivity index (χ3n) is 2.33. The molecule has 0 fully saturated rings. The maximum Gasteiger partial charge on any atom is 0.0613 e. The van der Waals surface area contributed by atoms with Gasteiger partial charge in [0.15, 0.2) is 0 Å². The highest BCUT2D eigenvalue weighted by Crippen LogP contribution is 2.05. The maximum atomic E-state index is 5.04. The van der Waals surface area contributed by atoms with Gasteiger partial charge in [0.25, 0.3) is 0 Å². The first-order valence-electron chi connectivity index (χ1n) is 4.96. The highest BCUT2D eigenvalue weighted by molar-refractivity contribution is 4.63. The number of methoxy groups -OCH3 is 1. The Morgan fingerprint density at radius 2 is 1.83 bits per heavy atom. The summed E-state index contributed by atoms with van der Waals surface area (Å²) in [4.78, 5) is 0. The van der Waals surface area contributed by atoms with Crippen LogP contribution in [0, 0.1) is 5.92 Å². The number of hydrogen-bond acceptors (Lipinski definition) is 2. The van der Waals surface area contributed by atoms with Crippen molar-refractivity contribution >= 4 is 0 Å². The molecule has 0 spiro atoms. The molecule has 74 valence electrons. The van der Waals surface area contributed by atoms with Crippen LogP contribution in [0.4, 0.5) is 0 Å². The van der Waals surface area contributed by atoms with E-state index in [-0.39, 0.29) is 0 Å². The first-order valence-corrected chi connectivity index (χ1v) is 4.96. The fraction of sp³-hybridized carbons (Fsp3) is 1.00. The normalized spacial score (nSPS) is 13.8. The zero-order chi connectivity index (χ0) is 9.40. The molecule has 0 aliphatic rings. The van der Waals surface area contributed by atoms with Crippen molar-refractivity contribution in [1.82, 2.24) is 5.32 Å². The molecule has 0 aromatic rings. The van der Waals surface area contributed by atoms with Crippen molar-refractivity contribution in [2.75, 3.05) is 20.3 Å². The lowest BCUT2D eigenvalue weighted by atomic mass is 10.0. The molecule has 2 nitrogen and oxygen atoms in total. The Morgan fingerprint density at radius 3 is 2.25 bits per heavy atom. The Balaban J connectivity index is 3.37. The van der Waals surface area contributed by atoms with Gasteiger partial charge in [0, 0.05) is 13.2 Å². The van der Waals surface area contributed by atoms with E-state index in [1.165, 1.54) is 12.8 Å². The van der Waals surface area contributed by atoms with Crippen LogP contribution in [-0.4, -0.2) is 26.3 Å². The maximum absolute atomic E-state index is 5.04. The summed E-state index contributed by atoms with van der Waals surface area (Å²) in [6, 6.07) is 0.482. The van der Waals surface area contributed by atoms with Crippen LogP contribution in [0.1, 0.15) is 33.6 Å². The van der Waals surface area contributed by atoms with E-state index in [2.05, 4.69) is 26.1 Å². The summed E-state index contributed by atoms with van der Waals surface area (Å²) in [6.45, 7) is 8.58. The summed E-state index contributed by atoms with van der Waals surface area (Å²) in [6.07, 6.45) is 2.53. The molecule has 0 rings (SSSR count). The van der Waals surface area contributed by atoms with Gasteiger partial charge in [0.2, 0.25) is 0 Å². The van der Waals surface area contributed by atoms with E-state index in [4.69, 9.17) is 4.74 Å². The Morgan fingerprint density at radius 1 is 1.25 bits per heavy atom. The molecule has 0 bridgehead atoms. The van der Waals surface area contributed by atoms with Gasteiger partial charge in [-0.1, -0.05) is 26.7 Å². The zero-order valence-electron chi connectivity index (χ0n) is 8.89. The molecular weight excluding hydrogens is 150 g/mol. The summed E-state index contributed by atoms with van der Waals surface area (Å²) < 4.78 is 5.04. The molecule has 1 unspecified atom stereocenters. The van der Waals surface area contributed by atoms with Crippen LogP contribution in [0.5, 0.6) is 0 Å². The van der Waals surface area contributed by atoms with Crippen molar-refractivity contribution in [3.63, 3.8) is 0 Å². The first kappa shape index (κ1) is 11.9. The highest BCUT2D eigenvalue weighted by atomic mass is 16.5. The van der Waals surface area contributed by atoms with Gasteiger partial charge in [-0.2, -0.15) is 0 Å². The Labute approximate surface area is 76.7 Å². The molecule has 1 N–H and O–H groups in total. The summed E-state index contributed by atoms with van der Waals surface area (Å²) in [7, 11) is 1.75. The average molecular weight is 173 g/mol. The van der Waals surface area contributed by atoms with E-state index in [0.717, 1.165) is 19.1 Å². The minimum absolute atomic E-state index is 0.482. The lowest BCUT2D eigenvalue weighted by Crippen LogP contribution is -2.34. The molecule has 0 aliphatic carbocycles. The van der Waals surface area contributed by atoms with Gasteiger partial charge in [-0.3, -0.25) is 0 Å². The van der Waals surface area contributed by atoms with Crippen LogP contribution >= 0.6 is 0 Å². The Kier molecular flexibility index (Phi) is 7.51. The van der Waals surface area contributed by atoms with Gasteiger partial charge in [-0.25, -0.2) is 0 Å². The van der Waals surface area contributed by atoms with Crippen molar-refractivity contribution in [1.29, 1.82) is 0 Å². The van der Waals surface area contributed by atoms with Crippen molar-refractivity contribution in [3.8, 4) is 0 Å². The number of nitrogens with one attached hydrogen (secondary N) is 1. The molecule has 2 heteroatoms. The van der Waals surface area contributed by atoms with Gasteiger partial charge in [-0.15, -0.1) is 0 Å². The fourth-order valence-corrected chi connectivity index (χ4v) is 1.25. The van der Waals surface area contributed by atoms with E-state index >= 15 is 0 Å². The average Bonchev–Trinajstić information content (AvgIpc) is 2.07. The molecule has 0 aromatic heterocycles. The first-order chi connectivity index (χ1) is 5.74. The smallest absolute Gasteiger partial charge is 0.0613 e. The molecule has 0 aliphatic heterocycles. The number of rotatable bonds is 7. The van der Waals surface area contributed by atoms with Gasteiger partial charge < -0.3 is 10.1 Å². The minimum atomic E-state index is 0.482. The molecular formula is C10H23NO. The molecule has 0 aromatic carbocycles. The van der Waals surface area contributed by atoms with E-state index in [1.807, 2.05) is 0 Å². The van der Waals surface area contributed by atoms with Crippen LogP contribution < -0.4 is 5.32 Å². The molecule has 0 saturated heterocycles. The molecule has 0 radical (unpaired) electrons. The van der Waals surface area contributed by atoms with Crippen molar-refractivity contribution in [2.45, 2.75) is 39.7 Å². The van der Waals surface area contributed by atoms with Gasteiger partial charge in [0.1, 0.15) is 0 Å². The fourth-order valence-electron chi connectivity index (χ4n) is 1.25. The van der Waals surface area contributed by atoms with E-state index < -0.39 is 0 Å². The molecule has 0 amide bonds. The lowest BCUT2D eigenvalue weighted by Gasteiger charge is -2.17. The number of ether oxygens (including phenoxy) is 1. The van der Waals surface area contributed by atoms with Crippen LogP contribution in [-0.2, 0) is 4.74 Å². The summed E-state index contributed by atoms with van der Waals surface area (Å²) in [5.41, 5.74) is 0. The van der Waals surface area contributed by atoms with E-state index in [9.17, 15) is 0 Å². The van der Waals surface area contributed by atoms with Crippen molar-refractivity contribution < 1.29 is 4.74 Å². The largest absolute Gasteiger partial charge is 0.383 e. The molecule has 0 saturated carbocycles. The monoisotopic (exact) mass is 173 g/mol. The topological polar surface area (TPSA) is 21.3 Å². The lowest BCUT2D eigenvalue weighted by molar-refractivity contribution is 0.169. The third kappa shape index (κ3) is 5.56. The summed E-state index contributed by atoms with van der Waals surface area (Å²) in [5, 5.41) is 3.46. The van der Waals surface area contributed by atoms with Crippen LogP contribution in [0.25, 0.3) is 0 Å². The molecule has 12 heavy (non-hydrogen) atoms. The second-order valence-corrected chi connectivity index (χ2v) is 3.45. The van der Waals surface area contributed by atoms with Crippen LogP contribution in [0.15, 0.2) is 0 Å². The second-order valence-electron chi connectivity index (χ2n) is 3.45. The Hall–Kier alpha value is -0.0800. The zero-order valence-corrected chi connectivity index (χ0v) is 8.89. The minimum Gasteiger partial charge on any atom is -0.383 e. The van der Waals surface area contributed by atoms with E-state index in [0.29, 0.717) is 6.04 Å².